The maximum atomic E-state index is 11.3. The number of nitrogens with zero attached hydrogens (tertiary/aromatic N) is 1. The van der Waals surface area contributed by atoms with Crippen LogP contribution in [0.2, 0.25) is 0 Å². The van der Waals surface area contributed by atoms with Gasteiger partial charge in [-0.3, -0.25) is 4.79 Å². The molecule has 14 heavy (non-hydrogen) atoms. The number of carboxylic acids is 1. The minimum absolute atomic E-state index is 0.0280. The SMILES string of the molecule is COC1C[C@@H](C(=O)O)N(C(=O)CS)C1. The molecule has 1 aliphatic heterocycles. The van der Waals surface area contributed by atoms with Crippen molar-refractivity contribution in [2.75, 3.05) is 19.4 Å². The molecule has 1 unspecified atom stereocenters. The molecule has 1 fully saturated rings. The fourth-order valence-corrected chi connectivity index (χ4v) is 1.75. The van der Waals surface area contributed by atoms with Gasteiger partial charge in [0.25, 0.3) is 0 Å². The first-order valence-corrected chi connectivity index (χ1v) is 4.89. The molecule has 1 N–H and O–H groups in total. The topological polar surface area (TPSA) is 66.8 Å². The first-order chi connectivity index (χ1) is 6.60. The Morgan fingerprint density at radius 3 is 2.71 bits per heavy atom. The summed E-state index contributed by atoms with van der Waals surface area (Å²) in [6, 6.07) is -0.764. The zero-order chi connectivity index (χ0) is 10.7. The molecule has 2 atom stereocenters. The Hall–Kier alpha value is -0.750. The fourth-order valence-electron chi connectivity index (χ4n) is 1.57. The summed E-state index contributed by atoms with van der Waals surface area (Å²) in [6.45, 7) is 0.340. The molecule has 6 heteroatoms. The molecule has 1 aliphatic rings. The second-order valence-corrected chi connectivity index (χ2v) is 3.47. The van der Waals surface area contributed by atoms with Gasteiger partial charge in [-0.25, -0.2) is 4.79 Å². The van der Waals surface area contributed by atoms with Crippen LogP contribution in [0.25, 0.3) is 0 Å². The number of rotatable bonds is 3. The summed E-state index contributed by atoms with van der Waals surface area (Å²) < 4.78 is 5.03. The van der Waals surface area contributed by atoms with Crippen LogP contribution < -0.4 is 0 Å². The number of likely N-dealkylation sites (tertiary alicyclic amines) is 1. The molecule has 1 heterocycles. The van der Waals surface area contributed by atoms with Gasteiger partial charge in [-0.05, 0) is 0 Å². The van der Waals surface area contributed by atoms with Crippen LogP contribution in [-0.2, 0) is 14.3 Å². The monoisotopic (exact) mass is 219 g/mol. The van der Waals surface area contributed by atoms with Crippen molar-refractivity contribution in [1.29, 1.82) is 0 Å². The number of carbonyl (C=O) groups excluding carboxylic acids is 1. The normalized spacial score (nSPS) is 26.6. The molecule has 1 amide bonds. The molecule has 0 spiro atoms. The molecule has 0 bridgehead atoms. The van der Waals surface area contributed by atoms with Crippen LogP contribution in [0.1, 0.15) is 6.42 Å². The van der Waals surface area contributed by atoms with E-state index in [2.05, 4.69) is 12.6 Å². The Labute approximate surface area is 87.4 Å². The van der Waals surface area contributed by atoms with Gasteiger partial charge in [0.2, 0.25) is 5.91 Å². The first kappa shape index (κ1) is 11.3. The summed E-state index contributed by atoms with van der Waals surface area (Å²) in [5.41, 5.74) is 0. The van der Waals surface area contributed by atoms with Crippen LogP contribution in [0, 0.1) is 0 Å². The molecule has 0 aliphatic carbocycles. The quantitative estimate of drug-likeness (QED) is 0.635. The standard InChI is InChI=1S/C8H13NO4S/c1-13-5-2-6(8(11)12)9(3-5)7(10)4-14/h5-6,14H,2-4H2,1H3,(H,11,12)/t5?,6-/m0/s1. The van der Waals surface area contributed by atoms with Crippen LogP contribution in [0.5, 0.6) is 0 Å². The van der Waals surface area contributed by atoms with Gasteiger partial charge in [-0.1, -0.05) is 0 Å². The third-order valence-electron chi connectivity index (χ3n) is 2.34. The van der Waals surface area contributed by atoms with Gasteiger partial charge in [0.05, 0.1) is 11.9 Å². The molecular formula is C8H13NO4S. The molecule has 0 aromatic rings. The predicted molar refractivity (Wildman–Crippen MR) is 52.4 cm³/mol. The van der Waals surface area contributed by atoms with Crippen molar-refractivity contribution >= 4 is 24.5 Å². The van der Waals surface area contributed by atoms with E-state index in [0.29, 0.717) is 13.0 Å². The summed E-state index contributed by atoms with van der Waals surface area (Å²) in [5.74, 6) is -1.22. The Bertz CT molecular complexity index is 245. The van der Waals surface area contributed by atoms with E-state index in [1.165, 1.54) is 12.0 Å². The molecule has 80 valence electrons. The summed E-state index contributed by atoms with van der Waals surface area (Å²) >= 11 is 3.83. The Morgan fingerprint density at radius 1 is 1.64 bits per heavy atom. The fraction of sp³-hybridized carbons (Fsp3) is 0.750. The lowest BCUT2D eigenvalue weighted by molar-refractivity contribution is -0.147. The maximum absolute atomic E-state index is 11.3. The largest absolute Gasteiger partial charge is 0.480 e. The van der Waals surface area contributed by atoms with Gasteiger partial charge in [-0.2, -0.15) is 12.6 Å². The van der Waals surface area contributed by atoms with Crippen molar-refractivity contribution in [2.24, 2.45) is 0 Å². The molecule has 5 nitrogen and oxygen atoms in total. The van der Waals surface area contributed by atoms with Crippen LogP contribution in [0.3, 0.4) is 0 Å². The van der Waals surface area contributed by atoms with Gasteiger partial charge >= 0.3 is 5.97 Å². The van der Waals surface area contributed by atoms with Crippen molar-refractivity contribution in [2.45, 2.75) is 18.6 Å². The number of methoxy groups -OCH3 is 1. The lowest BCUT2D eigenvalue weighted by atomic mass is 10.2. The van der Waals surface area contributed by atoms with Crippen molar-refractivity contribution in [3.05, 3.63) is 0 Å². The van der Waals surface area contributed by atoms with Crippen molar-refractivity contribution < 1.29 is 19.4 Å². The lowest BCUT2D eigenvalue weighted by Gasteiger charge is -2.19. The Morgan fingerprint density at radius 2 is 2.29 bits per heavy atom. The predicted octanol–water partition coefficient (Wildman–Crippen LogP) is -0.383. The van der Waals surface area contributed by atoms with E-state index in [0.717, 1.165) is 0 Å². The van der Waals surface area contributed by atoms with Crippen molar-refractivity contribution in [3.63, 3.8) is 0 Å². The molecule has 0 aromatic heterocycles. The number of aliphatic carboxylic acids is 1. The van der Waals surface area contributed by atoms with Gasteiger partial charge in [0, 0.05) is 20.1 Å². The van der Waals surface area contributed by atoms with Gasteiger partial charge in [-0.15, -0.1) is 0 Å². The number of thiol groups is 1. The zero-order valence-electron chi connectivity index (χ0n) is 7.84. The second-order valence-electron chi connectivity index (χ2n) is 3.15. The third kappa shape index (κ3) is 2.19. The molecule has 0 saturated carbocycles. The highest BCUT2D eigenvalue weighted by Crippen LogP contribution is 2.20. The Balaban J connectivity index is 2.71. The van der Waals surface area contributed by atoms with Crippen LogP contribution in [0.15, 0.2) is 0 Å². The van der Waals surface area contributed by atoms with E-state index in [4.69, 9.17) is 9.84 Å². The molecule has 0 aromatic carbocycles. The molecule has 1 saturated heterocycles. The van der Waals surface area contributed by atoms with Crippen LogP contribution >= 0.6 is 12.6 Å². The highest BCUT2D eigenvalue weighted by Gasteiger charge is 2.39. The van der Waals surface area contributed by atoms with Crippen molar-refractivity contribution in [3.8, 4) is 0 Å². The summed E-state index contributed by atoms with van der Waals surface area (Å²) in [6.07, 6.45) is 0.172. The van der Waals surface area contributed by atoms with Gasteiger partial charge < -0.3 is 14.7 Å². The molecular weight excluding hydrogens is 206 g/mol. The minimum Gasteiger partial charge on any atom is -0.480 e. The summed E-state index contributed by atoms with van der Waals surface area (Å²) in [5, 5.41) is 8.87. The maximum Gasteiger partial charge on any atom is 0.326 e. The van der Waals surface area contributed by atoms with Crippen molar-refractivity contribution in [1.82, 2.24) is 4.90 Å². The van der Waals surface area contributed by atoms with E-state index in [1.54, 1.807) is 0 Å². The zero-order valence-corrected chi connectivity index (χ0v) is 8.74. The average Bonchev–Trinajstić information content (AvgIpc) is 2.60. The van der Waals surface area contributed by atoms with E-state index < -0.39 is 12.0 Å². The molecule has 0 radical (unpaired) electrons. The van der Waals surface area contributed by atoms with E-state index >= 15 is 0 Å². The third-order valence-corrected chi connectivity index (χ3v) is 2.61. The minimum atomic E-state index is -0.986. The number of hydrogen-bond acceptors (Lipinski definition) is 4. The molecule has 1 rings (SSSR count). The number of hydrogen-bond donors (Lipinski definition) is 2. The van der Waals surface area contributed by atoms with Crippen LogP contribution in [0.4, 0.5) is 0 Å². The lowest BCUT2D eigenvalue weighted by Crippen LogP contribution is -2.41. The smallest absolute Gasteiger partial charge is 0.326 e. The number of carboxylic acid groups (broad SMARTS) is 1. The number of amides is 1. The highest BCUT2D eigenvalue weighted by atomic mass is 32.1. The number of ether oxygens (including phenoxy) is 1. The van der Waals surface area contributed by atoms with E-state index in [-0.39, 0.29) is 17.8 Å². The van der Waals surface area contributed by atoms with Gasteiger partial charge in [0.15, 0.2) is 0 Å². The Kier molecular flexibility index (Phi) is 3.77. The van der Waals surface area contributed by atoms with Gasteiger partial charge in [0.1, 0.15) is 6.04 Å². The van der Waals surface area contributed by atoms with E-state index in [9.17, 15) is 9.59 Å². The number of carbonyl (C=O) groups is 2. The van der Waals surface area contributed by atoms with Crippen LogP contribution in [-0.4, -0.2) is 53.4 Å². The second kappa shape index (κ2) is 4.65. The van der Waals surface area contributed by atoms with E-state index in [1.807, 2.05) is 0 Å². The summed E-state index contributed by atoms with van der Waals surface area (Å²) in [7, 11) is 1.51. The summed E-state index contributed by atoms with van der Waals surface area (Å²) in [4.78, 5) is 23.4. The highest BCUT2D eigenvalue weighted by molar-refractivity contribution is 7.81. The first-order valence-electron chi connectivity index (χ1n) is 4.26. The average molecular weight is 219 g/mol.